The summed E-state index contributed by atoms with van der Waals surface area (Å²) in [5.41, 5.74) is -2.26. The van der Waals surface area contributed by atoms with E-state index in [9.17, 15) is 24.9 Å². The monoisotopic (exact) mass is 408 g/mol. The number of rotatable bonds is 3. The third-order valence-corrected chi connectivity index (χ3v) is 9.59. The molecule has 0 heterocycles. The van der Waals surface area contributed by atoms with Gasteiger partial charge >= 0.3 is 5.97 Å². The molecule has 4 aliphatic carbocycles. The van der Waals surface area contributed by atoms with Gasteiger partial charge in [0.2, 0.25) is 5.78 Å². The minimum Gasteiger partial charge on any atom is -0.458 e. The number of carbonyl (C=O) groups excluding carboxylic acids is 2. The van der Waals surface area contributed by atoms with Crippen LogP contribution in [0.4, 0.5) is 0 Å². The summed E-state index contributed by atoms with van der Waals surface area (Å²) in [6, 6.07) is 0. The molecule has 6 heteroatoms. The molecule has 0 aromatic heterocycles. The second-order valence-corrected chi connectivity index (χ2v) is 10.8. The first-order chi connectivity index (χ1) is 13.5. The van der Waals surface area contributed by atoms with E-state index in [0.29, 0.717) is 18.8 Å². The van der Waals surface area contributed by atoms with Gasteiger partial charge in [0.05, 0.1) is 12.2 Å². The van der Waals surface area contributed by atoms with E-state index >= 15 is 0 Å². The van der Waals surface area contributed by atoms with Crippen molar-refractivity contribution < 1.29 is 29.6 Å². The minimum atomic E-state index is -1.56. The summed E-state index contributed by atoms with van der Waals surface area (Å²) in [5, 5.41) is 33.0. The lowest BCUT2D eigenvalue weighted by atomic mass is 9.43. The van der Waals surface area contributed by atoms with Gasteiger partial charge in [-0.1, -0.05) is 13.8 Å². The lowest BCUT2D eigenvalue weighted by Gasteiger charge is -2.62. The van der Waals surface area contributed by atoms with E-state index in [0.717, 1.165) is 38.5 Å². The Morgan fingerprint density at radius 2 is 1.79 bits per heavy atom. The fourth-order valence-corrected chi connectivity index (χ4v) is 8.11. The standard InChI is InChI=1S/C23H36O6/c1-13(24)29-12-19(27)23(28)9-7-17-16-5-4-14-10-15(25)6-8-21(14,2)20(16)18(26)11-22(17,23)3/h14-18,20,25-26,28H,4-12H2,1-3H3/t14-,15-,16+,17+,18-,20-,21+,22+,23+/m1/s1. The first-order valence-electron chi connectivity index (χ1n) is 11.3. The van der Waals surface area contributed by atoms with Gasteiger partial charge in [0.1, 0.15) is 5.60 Å². The Kier molecular flexibility index (Phi) is 5.15. The number of carbonyl (C=O) groups is 2. The molecule has 29 heavy (non-hydrogen) atoms. The Bertz CT molecular complexity index is 693. The second-order valence-electron chi connectivity index (χ2n) is 10.8. The van der Waals surface area contributed by atoms with Crippen LogP contribution in [-0.2, 0) is 14.3 Å². The summed E-state index contributed by atoms with van der Waals surface area (Å²) in [6.45, 7) is 5.09. The molecule has 0 amide bonds. The van der Waals surface area contributed by atoms with Crippen LogP contribution >= 0.6 is 0 Å². The normalized spacial score (nSPS) is 51.5. The van der Waals surface area contributed by atoms with Crippen molar-refractivity contribution in [3.63, 3.8) is 0 Å². The topological polar surface area (TPSA) is 104 Å². The smallest absolute Gasteiger partial charge is 0.303 e. The van der Waals surface area contributed by atoms with Crippen LogP contribution in [0.1, 0.15) is 72.1 Å². The Hall–Kier alpha value is -0.980. The highest BCUT2D eigenvalue weighted by Crippen LogP contribution is 2.68. The summed E-state index contributed by atoms with van der Waals surface area (Å²) >= 11 is 0. The maximum absolute atomic E-state index is 12.9. The van der Waals surface area contributed by atoms with Crippen LogP contribution in [0.25, 0.3) is 0 Å². The van der Waals surface area contributed by atoms with Crippen molar-refractivity contribution in [1.29, 1.82) is 0 Å². The van der Waals surface area contributed by atoms with Gasteiger partial charge in [-0.05, 0) is 80.5 Å². The summed E-state index contributed by atoms with van der Waals surface area (Å²) in [5.74, 6) is 0.0536. The number of aliphatic hydroxyl groups excluding tert-OH is 2. The second kappa shape index (κ2) is 7.03. The SMILES string of the molecule is CC(=O)OCC(=O)[C@@]1(O)CC[C@H]2[C@@H]3CC[C@@H]4C[C@H](O)CC[C@]4(C)[C@H]3[C@H](O)C[C@@]21C. The summed E-state index contributed by atoms with van der Waals surface area (Å²) < 4.78 is 4.90. The van der Waals surface area contributed by atoms with Crippen molar-refractivity contribution in [3.8, 4) is 0 Å². The molecule has 4 fully saturated rings. The van der Waals surface area contributed by atoms with E-state index in [1.54, 1.807) is 0 Å². The number of ether oxygens (including phenoxy) is 1. The number of hydrogen-bond donors (Lipinski definition) is 3. The van der Waals surface area contributed by atoms with Gasteiger partial charge < -0.3 is 20.1 Å². The molecular weight excluding hydrogens is 372 g/mol. The molecule has 0 saturated heterocycles. The van der Waals surface area contributed by atoms with Crippen LogP contribution < -0.4 is 0 Å². The van der Waals surface area contributed by atoms with E-state index in [1.165, 1.54) is 6.92 Å². The molecule has 0 spiro atoms. The van der Waals surface area contributed by atoms with Crippen LogP contribution in [0.15, 0.2) is 0 Å². The van der Waals surface area contributed by atoms with Crippen LogP contribution in [0, 0.1) is 34.5 Å². The van der Waals surface area contributed by atoms with E-state index in [-0.39, 0.29) is 29.3 Å². The number of esters is 1. The van der Waals surface area contributed by atoms with E-state index < -0.39 is 35.5 Å². The van der Waals surface area contributed by atoms with Crippen LogP contribution in [0.2, 0.25) is 0 Å². The molecule has 0 radical (unpaired) electrons. The molecule has 3 N–H and O–H groups in total. The molecule has 4 saturated carbocycles. The average Bonchev–Trinajstić information content (AvgIpc) is 2.91. The van der Waals surface area contributed by atoms with Gasteiger partial charge in [-0.15, -0.1) is 0 Å². The van der Waals surface area contributed by atoms with Crippen LogP contribution in [-0.4, -0.2) is 51.5 Å². The summed E-state index contributed by atoms with van der Waals surface area (Å²) in [7, 11) is 0. The first-order valence-corrected chi connectivity index (χ1v) is 11.3. The molecule has 0 aromatic rings. The zero-order valence-electron chi connectivity index (χ0n) is 17.9. The highest BCUT2D eigenvalue weighted by molar-refractivity contribution is 5.90. The van der Waals surface area contributed by atoms with Gasteiger partial charge in [-0.3, -0.25) is 9.59 Å². The van der Waals surface area contributed by atoms with Gasteiger partial charge in [0.15, 0.2) is 6.61 Å². The Labute approximate surface area is 173 Å². The molecule has 0 unspecified atom stereocenters. The third kappa shape index (κ3) is 3.01. The lowest BCUT2D eigenvalue weighted by Crippen LogP contribution is -2.63. The van der Waals surface area contributed by atoms with E-state index in [4.69, 9.17) is 4.74 Å². The molecule has 0 aromatic carbocycles. The van der Waals surface area contributed by atoms with Gasteiger partial charge in [-0.2, -0.15) is 0 Å². The number of Topliss-reactive ketones (excluding diaryl/α,β-unsaturated/α-hetero) is 1. The molecule has 4 aliphatic rings. The van der Waals surface area contributed by atoms with Gasteiger partial charge in [0.25, 0.3) is 0 Å². The minimum absolute atomic E-state index is 0.00531. The zero-order valence-corrected chi connectivity index (χ0v) is 17.9. The molecule has 9 atom stereocenters. The van der Waals surface area contributed by atoms with E-state index in [2.05, 4.69) is 6.92 Å². The average molecular weight is 409 g/mol. The molecular formula is C23H36O6. The summed E-state index contributed by atoms with van der Waals surface area (Å²) in [6.07, 6.45) is 5.26. The highest BCUT2D eigenvalue weighted by atomic mass is 16.5. The Morgan fingerprint density at radius 3 is 2.48 bits per heavy atom. The largest absolute Gasteiger partial charge is 0.458 e. The van der Waals surface area contributed by atoms with Gasteiger partial charge in [0, 0.05) is 12.3 Å². The fraction of sp³-hybridized carbons (Fsp3) is 0.913. The predicted molar refractivity (Wildman–Crippen MR) is 106 cm³/mol. The molecule has 6 nitrogen and oxygen atoms in total. The highest BCUT2D eigenvalue weighted by Gasteiger charge is 2.68. The fourth-order valence-electron chi connectivity index (χ4n) is 8.11. The lowest BCUT2D eigenvalue weighted by molar-refractivity contribution is -0.203. The van der Waals surface area contributed by atoms with Crippen LogP contribution in [0.5, 0.6) is 0 Å². The predicted octanol–water partition coefficient (Wildman–Crippen LogP) is 2.22. The molecule has 4 rings (SSSR count). The van der Waals surface area contributed by atoms with Crippen molar-refractivity contribution >= 4 is 11.8 Å². The first kappa shape index (κ1) is 21.3. The number of hydrogen-bond acceptors (Lipinski definition) is 6. The maximum atomic E-state index is 12.9. The quantitative estimate of drug-likeness (QED) is 0.619. The van der Waals surface area contributed by atoms with Gasteiger partial charge in [-0.25, -0.2) is 0 Å². The summed E-state index contributed by atoms with van der Waals surface area (Å²) in [4.78, 5) is 24.0. The third-order valence-electron chi connectivity index (χ3n) is 9.59. The number of fused-ring (bicyclic) bond motifs is 5. The Balaban J connectivity index is 1.62. The number of aliphatic hydroxyl groups is 3. The molecule has 164 valence electrons. The van der Waals surface area contributed by atoms with Crippen molar-refractivity contribution in [1.82, 2.24) is 0 Å². The van der Waals surface area contributed by atoms with E-state index in [1.807, 2.05) is 6.92 Å². The Morgan fingerprint density at radius 1 is 1.07 bits per heavy atom. The maximum Gasteiger partial charge on any atom is 0.303 e. The van der Waals surface area contributed by atoms with Crippen molar-refractivity contribution in [2.45, 2.75) is 89.9 Å². The number of ketones is 1. The molecule has 0 aliphatic heterocycles. The zero-order chi connectivity index (χ0) is 21.2. The van der Waals surface area contributed by atoms with Crippen molar-refractivity contribution in [3.05, 3.63) is 0 Å². The van der Waals surface area contributed by atoms with Crippen molar-refractivity contribution in [2.75, 3.05) is 6.61 Å². The van der Waals surface area contributed by atoms with Crippen molar-refractivity contribution in [2.24, 2.45) is 34.5 Å². The molecule has 0 bridgehead atoms. The van der Waals surface area contributed by atoms with Crippen LogP contribution in [0.3, 0.4) is 0 Å².